The van der Waals surface area contributed by atoms with Crippen molar-refractivity contribution in [3.8, 4) is 22.3 Å². The van der Waals surface area contributed by atoms with Crippen molar-refractivity contribution in [1.29, 1.82) is 0 Å². The molecule has 0 atom stereocenters. The fourth-order valence-corrected chi connectivity index (χ4v) is 9.69. The smallest absolute Gasteiger partial charge is 0.0575 e. The van der Waals surface area contributed by atoms with E-state index in [1.54, 1.807) is 16.7 Å². The molecular formula is C41H36Si. The molecule has 0 unspecified atom stereocenters. The molecule has 0 saturated carbocycles. The second-order valence-corrected chi connectivity index (χ2v) is 13.1. The highest BCUT2D eigenvalue weighted by Gasteiger charge is 2.37. The number of benzene rings is 5. The van der Waals surface area contributed by atoms with Gasteiger partial charge in [0.1, 0.15) is 0 Å². The van der Waals surface area contributed by atoms with Gasteiger partial charge in [-0.25, -0.2) is 0 Å². The lowest BCUT2D eigenvalue weighted by molar-refractivity contribution is 1.09. The Labute approximate surface area is 253 Å². The second kappa shape index (κ2) is 11.6. The van der Waals surface area contributed by atoms with Gasteiger partial charge in [-0.3, -0.25) is 0 Å². The first-order valence-electron chi connectivity index (χ1n) is 15.3. The van der Waals surface area contributed by atoms with E-state index in [-0.39, 0.29) is 0 Å². The Morgan fingerprint density at radius 1 is 0.476 bits per heavy atom. The molecule has 0 fully saturated rings. The summed E-state index contributed by atoms with van der Waals surface area (Å²) in [6.07, 6.45) is 5.59. The zero-order valence-electron chi connectivity index (χ0n) is 24.5. The van der Waals surface area contributed by atoms with E-state index in [4.69, 9.17) is 0 Å². The van der Waals surface area contributed by atoms with E-state index in [0.29, 0.717) is 0 Å². The SMILES string of the molecule is CCC1=Cc2c(cccc2-c2ccccc2)[C]1[SiH2][C]1C(CC)=C(Cc2ccccc2)c2c1cccc2-c1ccccc1. The van der Waals surface area contributed by atoms with E-state index in [1.165, 1.54) is 61.2 Å². The van der Waals surface area contributed by atoms with Crippen LogP contribution in [0, 0.1) is 11.1 Å². The first kappa shape index (κ1) is 26.7. The molecule has 2 aliphatic carbocycles. The third-order valence-corrected chi connectivity index (χ3v) is 11.4. The first-order chi connectivity index (χ1) is 20.8. The van der Waals surface area contributed by atoms with Crippen molar-refractivity contribution in [2.24, 2.45) is 0 Å². The highest BCUT2D eigenvalue weighted by Crippen LogP contribution is 2.51. The molecule has 42 heavy (non-hydrogen) atoms. The Bertz CT molecular complexity index is 1780. The molecule has 5 aromatic carbocycles. The Kier molecular flexibility index (Phi) is 7.36. The lowest BCUT2D eigenvalue weighted by Crippen LogP contribution is -2.19. The lowest BCUT2D eigenvalue weighted by Gasteiger charge is -2.22. The van der Waals surface area contributed by atoms with Gasteiger partial charge in [-0.2, -0.15) is 0 Å². The van der Waals surface area contributed by atoms with E-state index in [2.05, 4.69) is 147 Å². The first-order valence-corrected chi connectivity index (χ1v) is 16.7. The topological polar surface area (TPSA) is 0 Å². The maximum Gasteiger partial charge on any atom is 0.0575 e. The fraction of sp³-hybridized carbons (Fsp3) is 0.122. The third kappa shape index (κ3) is 4.72. The van der Waals surface area contributed by atoms with Crippen molar-refractivity contribution in [2.75, 3.05) is 0 Å². The number of allylic oxidation sites excluding steroid dienone is 3. The molecule has 0 nitrogen and oxygen atoms in total. The summed E-state index contributed by atoms with van der Waals surface area (Å²) in [6.45, 7) is 4.69. The van der Waals surface area contributed by atoms with Crippen LogP contribution in [0.4, 0.5) is 0 Å². The van der Waals surface area contributed by atoms with Crippen LogP contribution in [0.15, 0.2) is 139 Å². The Morgan fingerprint density at radius 2 is 1.05 bits per heavy atom. The van der Waals surface area contributed by atoms with E-state index in [1.807, 2.05) is 0 Å². The molecule has 0 saturated heterocycles. The van der Waals surface area contributed by atoms with Crippen LogP contribution in [0.5, 0.6) is 0 Å². The number of fused-ring (bicyclic) bond motifs is 2. The molecule has 0 spiro atoms. The quantitative estimate of drug-likeness (QED) is 0.167. The Morgan fingerprint density at radius 3 is 1.69 bits per heavy atom. The number of hydrogen-bond donors (Lipinski definition) is 0. The molecular weight excluding hydrogens is 521 g/mol. The molecule has 2 radical (unpaired) electrons. The van der Waals surface area contributed by atoms with Crippen LogP contribution < -0.4 is 0 Å². The zero-order valence-corrected chi connectivity index (χ0v) is 25.9. The molecule has 0 bridgehead atoms. The van der Waals surface area contributed by atoms with E-state index >= 15 is 0 Å². The van der Waals surface area contributed by atoms with Crippen molar-refractivity contribution in [3.63, 3.8) is 0 Å². The van der Waals surface area contributed by atoms with Gasteiger partial charge in [0, 0.05) is 11.1 Å². The summed E-state index contributed by atoms with van der Waals surface area (Å²) in [5.74, 6) is 0. The van der Waals surface area contributed by atoms with Crippen molar-refractivity contribution in [2.45, 2.75) is 33.1 Å². The van der Waals surface area contributed by atoms with Gasteiger partial charge in [0.25, 0.3) is 0 Å². The van der Waals surface area contributed by atoms with Gasteiger partial charge in [0.2, 0.25) is 0 Å². The lowest BCUT2D eigenvalue weighted by atomic mass is 9.90. The highest BCUT2D eigenvalue weighted by atomic mass is 28.2. The van der Waals surface area contributed by atoms with Crippen LogP contribution in [0.1, 0.15) is 54.5 Å². The highest BCUT2D eigenvalue weighted by molar-refractivity contribution is 6.57. The summed E-state index contributed by atoms with van der Waals surface area (Å²) in [5.41, 5.74) is 20.4. The van der Waals surface area contributed by atoms with Gasteiger partial charge in [0.05, 0.1) is 9.52 Å². The van der Waals surface area contributed by atoms with Crippen LogP contribution in [-0.2, 0) is 6.42 Å². The summed E-state index contributed by atoms with van der Waals surface area (Å²) < 4.78 is 0. The average molecular weight is 557 g/mol. The molecule has 0 N–H and O–H groups in total. The molecule has 0 aromatic heterocycles. The van der Waals surface area contributed by atoms with Crippen LogP contribution in [0.25, 0.3) is 33.9 Å². The van der Waals surface area contributed by atoms with Crippen molar-refractivity contribution in [1.82, 2.24) is 0 Å². The van der Waals surface area contributed by atoms with Crippen molar-refractivity contribution < 1.29 is 0 Å². The Hall–Kier alpha value is -4.20. The van der Waals surface area contributed by atoms with Crippen LogP contribution in [-0.4, -0.2) is 9.52 Å². The van der Waals surface area contributed by atoms with Crippen LogP contribution in [0.2, 0.25) is 0 Å². The summed E-state index contributed by atoms with van der Waals surface area (Å²) in [6, 6.07) is 46.9. The average Bonchev–Trinajstić information content (AvgIpc) is 3.57. The zero-order chi connectivity index (χ0) is 28.5. The van der Waals surface area contributed by atoms with E-state index < -0.39 is 9.52 Å². The maximum absolute atomic E-state index is 2.50. The summed E-state index contributed by atoms with van der Waals surface area (Å²) in [5, 5.41) is 0. The van der Waals surface area contributed by atoms with E-state index in [9.17, 15) is 0 Å². The summed E-state index contributed by atoms with van der Waals surface area (Å²) in [7, 11) is -0.775. The molecule has 0 aliphatic heterocycles. The predicted molar refractivity (Wildman–Crippen MR) is 183 cm³/mol. The molecule has 2 aliphatic rings. The van der Waals surface area contributed by atoms with Crippen LogP contribution in [0.3, 0.4) is 0 Å². The summed E-state index contributed by atoms with van der Waals surface area (Å²) >= 11 is 0. The van der Waals surface area contributed by atoms with Gasteiger partial charge in [-0.1, -0.05) is 158 Å². The Balaban J connectivity index is 1.36. The van der Waals surface area contributed by atoms with Gasteiger partial charge in [-0.05, 0) is 74.9 Å². The molecule has 0 amide bonds. The normalized spacial score (nSPS) is 15.0. The minimum absolute atomic E-state index is 0.775. The predicted octanol–water partition coefficient (Wildman–Crippen LogP) is 9.88. The molecule has 1 heteroatoms. The maximum atomic E-state index is 2.50. The van der Waals surface area contributed by atoms with Gasteiger partial charge < -0.3 is 0 Å². The largest absolute Gasteiger partial charge is 0.0622 e. The minimum Gasteiger partial charge on any atom is -0.0622 e. The van der Waals surface area contributed by atoms with Gasteiger partial charge >= 0.3 is 0 Å². The van der Waals surface area contributed by atoms with Gasteiger partial charge in [0.15, 0.2) is 0 Å². The monoisotopic (exact) mass is 556 g/mol. The van der Waals surface area contributed by atoms with E-state index in [0.717, 1.165) is 19.3 Å². The fourth-order valence-electron chi connectivity index (χ4n) is 7.10. The molecule has 5 aromatic rings. The van der Waals surface area contributed by atoms with Crippen LogP contribution >= 0.6 is 0 Å². The number of hydrogen-bond acceptors (Lipinski definition) is 0. The van der Waals surface area contributed by atoms with Crippen molar-refractivity contribution >= 4 is 21.2 Å². The summed E-state index contributed by atoms with van der Waals surface area (Å²) in [4.78, 5) is 0. The molecule has 7 rings (SSSR count). The number of rotatable bonds is 8. The standard InChI is InChI=1S/C41H36Si/c1-3-29-27-37-33(30-18-10-6-11-19-30)22-14-24-35(37)40(29)42-41-32(4-2)38(26-28-16-8-5-9-17-28)39-34(23-15-25-36(39)41)31-20-12-7-13-21-31/h5-25,27H,3-4,26,42H2,1-2H3. The molecule has 204 valence electrons. The third-order valence-electron chi connectivity index (χ3n) is 9.04. The minimum atomic E-state index is -0.775. The van der Waals surface area contributed by atoms with Crippen molar-refractivity contribution in [3.05, 3.63) is 177 Å². The second-order valence-electron chi connectivity index (χ2n) is 11.4. The van der Waals surface area contributed by atoms with Gasteiger partial charge in [-0.15, -0.1) is 0 Å². The molecule has 0 heterocycles.